The van der Waals surface area contributed by atoms with E-state index in [-0.39, 0.29) is 16.7 Å². The van der Waals surface area contributed by atoms with Gasteiger partial charge in [-0.15, -0.1) is 0 Å². The maximum atomic E-state index is 11.4. The molecule has 5 nitrogen and oxygen atoms in total. The molecule has 0 radical (unpaired) electrons. The fraction of sp³-hybridized carbons (Fsp3) is 0.222. The minimum atomic E-state index is -1.07. The molecule has 1 aromatic heterocycles. The van der Waals surface area contributed by atoms with Crippen molar-refractivity contribution in [2.24, 2.45) is 0 Å². The largest absolute Gasteiger partial charge is 0.478 e. The number of fused-ring (bicyclic) bond motifs is 1. The van der Waals surface area contributed by atoms with Crippen molar-refractivity contribution < 1.29 is 9.90 Å². The predicted molar refractivity (Wildman–Crippen MR) is 48.8 cm³/mol. The zero-order chi connectivity index (χ0) is 10.3. The van der Waals surface area contributed by atoms with Crippen LogP contribution in [0.4, 0.5) is 0 Å². The molecule has 0 saturated heterocycles. The lowest BCUT2D eigenvalue weighted by Gasteiger charge is -1.97. The summed E-state index contributed by atoms with van der Waals surface area (Å²) < 4.78 is 0. The smallest absolute Gasteiger partial charge is 0.336 e. The number of rotatable bonds is 1. The summed E-state index contributed by atoms with van der Waals surface area (Å²) in [5.41, 5.74) is 1.14. The van der Waals surface area contributed by atoms with Gasteiger partial charge in [0.15, 0.2) is 0 Å². The van der Waals surface area contributed by atoms with E-state index in [4.69, 9.17) is 5.11 Å². The summed E-state index contributed by atoms with van der Waals surface area (Å²) in [6.07, 6.45) is 1.74. The number of aromatic nitrogens is 2. The number of nitrogens with zero attached hydrogens (tertiary/aromatic N) is 1. The number of carbonyl (C=O) groups is 1. The SMILES string of the molecule is CC1=C(C(=O)O)c2c(nc[nH]c2=O)C1. The van der Waals surface area contributed by atoms with Crippen molar-refractivity contribution in [3.05, 3.63) is 33.5 Å². The molecule has 0 atom stereocenters. The van der Waals surface area contributed by atoms with Crippen molar-refractivity contribution >= 4 is 11.5 Å². The standard InChI is InChI=1S/C9H8N2O3/c1-4-2-5-7(6(4)9(13)14)8(12)11-3-10-5/h3H,2H2,1H3,(H,13,14)(H,10,11,12). The third kappa shape index (κ3) is 1.06. The first-order valence-corrected chi connectivity index (χ1v) is 4.11. The summed E-state index contributed by atoms with van der Waals surface area (Å²) in [5, 5.41) is 8.92. The molecule has 0 spiro atoms. The topological polar surface area (TPSA) is 83.0 Å². The summed E-state index contributed by atoms with van der Waals surface area (Å²) in [7, 11) is 0. The van der Waals surface area contributed by atoms with Gasteiger partial charge in [0.2, 0.25) is 0 Å². The zero-order valence-corrected chi connectivity index (χ0v) is 7.50. The molecule has 1 aliphatic rings. The van der Waals surface area contributed by atoms with Crippen molar-refractivity contribution in [2.75, 3.05) is 0 Å². The van der Waals surface area contributed by atoms with Crippen LogP contribution in [0.1, 0.15) is 18.2 Å². The van der Waals surface area contributed by atoms with E-state index in [2.05, 4.69) is 9.97 Å². The molecule has 0 unspecified atom stereocenters. The Morgan fingerprint density at radius 2 is 2.36 bits per heavy atom. The van der Waals surface area contributed by atoms with E-state index in [1.807, 2.05) is 0 Å². The van der Waals surface area contributed by atoms with Gasteiger partial charge in [0.05, 0.1) is 23.2 Å². The van der Waals surface area contributed by atoms with Crippen LogP contribution in [0, 0.1) is 0 Å². The lowest BCUT2D eigenvalue weighted by Crippen LogP contribution is -2.16. The molecule has 0 aliphatic heterocycles. The molecular formula is C9H8N2O3. The van der Waals surface area contributed by atoms with E-state index in [9.17, 15) is 9.59 Å². The van der Waals surface area contributed by atoms with Gasteiger partial charge in [-0.3, -0.25) is 4.79 Å². The number of nitrogens with one attached hydrogen (secondary N) is 1. The Bertz CT molecular complexity index is 499. The molecule has 1 heterocycles. The van der Waals surface area contributed by atoms with Crippen LogP contribution >= 0.6 is 0 Å². The van der Waals surface area contributed by atoms with E-state index in [0.717, 1.165) is 0 Å². The van der Waals surface area contributed by atoms with Crippen molar-refractivity contribution in [3.8, 4) is 0 Å². The second-order valence-electron chi connectivity index (χ2n) is 3.19. The molecule has 0 bridgehead atoms. The van der Waals surface area contributed by atoms with Gasteiger partial charge in [0.1, 0.15) is 0 Å². The highest BCUT2D eigenvalue weighted by Gasteiger charge is 2.27. The highest BCUT2D eigenvalue weighted by molar-refractivity contribution is 6.17. The lowest BCUT2D eigenvalue weighted by molar-refractivity contribution is -0.130. The van der Waals surface area contributed by atoms with E-state index in [1.54, 1.807) is 6.92 Å². The summed E-state index contributed by atoms with van der Waals surface area (Å²) >= 11 is 0. The highest BCUT2D eigenvalue weighted by atomic mass is 16.4. The van der Waals surface area contributed by atoms with Crippen LogP contribution in [0.25, 0.3) is 5.57 Å². The summed E-state index contributed by atoms with van der Waals surface area (Å²) in [4.78, 5) is 28.6. The zero-order valence-electron chi connectivity index (χ0n) is 7.50. The van der Waals surface area contributed by atoms with E-state index < -0.39 is 5.97 Å². The lowest BCUT2D eigenvalue weighted by atomic mass is 10.1. The normalized spacial score (nSPS) is 14.4. The van der Waals surface area contributed by atoms with Crippen LogP contribution in [0.2, 0.25) is 0 Å². The molecule has 0 amide bonds. The average Bonchev–Trinajstić information content (AvgIpc) is 2.42. The number of aliphatic carboxylic acids is 1. The van der Waals surface area contributed by atoms with Crippen LogP contribution < -0.4 is 5.56 Å². The first kappa shape index (κ1) is 8.68. The average molecular weight is 192 g/mol. The maximum Gasteiger partial charge on any atom is 0.336 e. The Hall–Kier alpha value is -1.91. The fourth-order valence-corrected chi connectivity index (χ4v) is 1.67. The van der Waals surface area contributed by atoms with Crippen molar-refractivity contribution in [2.45, 2.75) is 13.3 Å². The Balaban J connectivity index is 2.74. The van der Waals surface area contributed by atoms with Gasteiger partial charge in [-0.2, -0.15) is 0 Å². The van der Waals surface area contributed by atoms with E-state index >= 15 is 0 Å². The predicted octanol–water partition coefficient (Wildman–Crippen LogP) is 0.184. The third-order valence-electron chi connectivity index (χ3n) is 2.25. The quantitative estimate of drug-likeness (QED) is 0.665. The van der Waals surface area contributed by atoms with Crippen LogP contribution in [-0.2, 0) is 11.2 Å². The summed E-state index contributed by atoms with van der Waals surface area (Å²) in [6.45, 7) is 1.70. The molecular weight excluding hydrogens is 184 g/mol. The molecule has 0 fully saturated rings. The van der Waals surface area contributed by atoms with Gasteiger partial charge < -0.3 is 10.1 Å². The molecule has 0 aromatic carbocycles. The molecule has 1 aromatic rings. The number of hydrogen-bond acceptors (Lipinski definition) is 3. The van der Waals surface area contributed by atoms with Crippen LogP contribution in [0.3, 0.4) is 0 Å². The van der Waals surface area contributed by atoms with Crippen molar-refractivity contribution in [1.82, 2.24) is 9.97 Å². The van der Waals surface area contributed by atoms with E-state index in [1.165, 1.54) is 6.33 Å². The number of aromatic amines is 1. The Morgan fingerprint density at radius 1 is 1.64 bits per heavy atom. The molecule has 5 heteroatoms. The van der Waals surface area contributed by atoms with Gasteiger partial charge in [0, 0.05) is 6.42 Å². The second-order valence-corrected chi connectivity index (χ2v) is 3.19. The molecule has 72 valence electrons. The van der Waals surface area contributed by atoms with E-state index in [0.29, 0.717) is 17.7 Å². The Morgan fingerprint density at radius 3 is 3.00 bits per heavy atom. The minimum absolute atomic E-state index is 0.0920. The molecule has 2 N–H and O–H groups in total. The molecule has 0 saturated carbocycles. The third-order valence-corrected chi connectivity index (χ3v) is 2.25. The maximum absolute atomic E-state index is 11.4. The number of carboxylic acids is 1. The molecule has 14 heavy (non-hydrogen) atoms. The number of allylic oxidation sites excluding steroid dienone is 1. The number of carboxylic acid groups (broad SMARTS) is 1. The first-order valence-electron chi connectivity index (χ1n) is 4.11. The minimum Gasteiger partial charge on any atom is -0.478 e. The van der Waals surface area contributed by atoms with Gasteiger partial charge in [-0.1, -0.05) is 5.57 Å². The van der Waals surface area contributed by atoms with Crippen molar-refractivity contribution in [3.63, 3.8) is 0 Å². The van der Waals surface area contributed by atoms with Gasteiger partial charge in [0.25, 0.3) is 5.56 Å². The Labute approximate surface area is 79.1 Å². The Kier molecular flexibility index (Phi) is 1.73. The second kappa shape index (κ2) is 2.80. The molecule has 2 rings (SSSR count). The summed E-state index contributed by atoms with van der Waals surface area (Å²) in [5.74, 6) is -1.07. The van der Waals surface area contributed by atoms with Gasteiger partial charge in [-0.25, -0.2) is 9.78 Å². The van der Waals surface area contributed by atoms with Crippen molar-refractivity contribution in [1.29, 1.82) is 0 Å². The first-order chi connectivity index (χ1) is 6.61. The fourth-order valence-electron chi connectivity index (χ4n) is 1.67. The highest BCUT2D eigenvalue weighted by Crippen LogP contribution is 2.28. The van der Waals surface area contributed by atoms with Gasteiger partial charge in [-0.05, 0) is 6.92 Å². The monoisotopic (exact) mass is 192 g/mol. The van der Waals surface area contributed by atoms with Crippen LogP contribution in [-0.4, -0.2) is 21.0 Å². The number of hydrogen-bond donors (Lipinski definition) is 2. The molecule has 1 aliphatic carbocycles. The number of H-pyrrole nitrogens is 1. The summed E-state index contributed by atoms with van der Waals surface area (Å²) in [6, 6.07) is 0. The van der Waals surface area contributed by atoms with Crippen LogP contribution in [0.15, 0.2) is 16.7 Å². The van der Waals surface area contributed by atoms with Crippen LogP contribution in [0.5, 0.6) is 0 Å². The van der Waals surface area contributed by atoms with Gasteiger partial charge >= 0.3 is 5.97 Å².